The Morgan fingerprint density at radius 2 is 1.59 bits per heavy atom. The number of hydrogen-bond donors (Lipinski definition) is 0. The predicted octanol–water partition coefficient (Wildman–Crippen LogP) is 5.78. The monoisotopic (exact) mass is 421 g/mol. The van der Waals surface area contributed by atoms with Crippen molar-refractivity contribution in [3.8, 4) is 11.3 Å². The van der Waals surface area contributed by atoms with Crippen LogP contribution >= 0.6 is 0 Å². The number of rotatable bonds is 6. The van der Waals surface area contributed by atoms with Crippen molar-refractivity contribution in [1.29, 1.82) is 0 Å². The molecule has 0 radical (unpaired) electrons. The van der Waals surface area contributed by atoms with Crippen LogP contribution in [0.3, 0.4) is 0 Å². The van der Waals surface area contributed by atoms with Crippen molar-refractivity contribution in [3.05, 3.63) is 107 Å². The van der Waals surface area contributed by atoms with Gasteiger partial charge in [0.2, 0.25) is 0 Å². The van der Waals surface area contributed by atoms with Crippen molar-refractivity contribution < 1.29 is 4.79 Å². The average Bonchev–Trinajstić information content (AvgIpc) is 3.28. The highest BCUT2D eigenvalue weighted by atomic mass is 16.2. The number of aryl methyl sites for hydroxylation is 2. The van der Waals surface area contributed by atoms with Crippen molar-refractivity contribution in [2.24, 2.45) is 0 Å². The zero-order valence-corrected chi connectivity index (χ0v) is 17.8. The van der Waals surface area contributed by atoms with E-state index in [0.717, 1.165) is 34.3 Å². The molecule has 0 N–H and O–H groups in total. The fourth-order valence-corrected chi connectivity index (χ4v) is 3.72. The molecule has 158 valence electrons. The minimum Gasteiger partial charge on any atom is -0.360 e. The van der Waals surface area contributed by atoms with E-state index >= 15 is 0 Å². The molecule has 0 fully saturated rings. The van der Waals surface area contributed by atoms with E-state index in [1.807, 2.05) is 79.7 Å². The van der Waals surface area contributed by atoms with Crippen molar-refractivity contribution in [2.45, 2.75) is 19.8 Å². The van der Waals surface area contributed by atoms with Gasteiger partial charge < -0.3 is 4.85 Å². The van der Waals surface area contributed by atoms with Crippen molar-refractivity contribution >= 4 is 17.5 Å². The number of benzene rings is 3. The number of anilines is 1. The summed E-state index contributed by atoms with van der Waals surface area (Å²) < 4.78 is 1.10. The number of amides is 1. The lowest BCUT2D eigenvalue weighted by Crippen LogP contribution is -2.35. The molecule has 1 heterocycles. The normalized spacial score (nSPS) is 10.5. The Kier molecular flexibility index (Phi) is 6.38. The van der Waals surface area contributed by atoms with Crippen LogP contribution in [0.15, 0.2) is 84.9 Å². The van der Waals surface area contributed by atoms with E-state index in [0.29, 0.717) is 12.2 Å². The topological polar surface area (TPSA) is 55.4 Å². The Balaban J connectivity index is 1.67. The molecule has 3 aromatic carbocycles. The van der Waals surface area contributed by atoms with Gasteiger partial charge >= 0.3 is 6.03 Å². The summed E-state index contributed by atoms with van der Waals surface area (Å²) in [5.74, 6) is 0.122. The molecule has 1 amide bonds. The first kappa shape index (κ1) is 21.0. The van der Waals surface area contributed by atoms with E-state index in [-0.39, 0.29) is 5.82 Å². The van der Waals surface area contributed by atoms with Gasteiger partial charge in [0.15, 0.2) is 0 Å². The van der Waals surface area contributed by atoms with Gasteiger partial charge in [0.1, 0.15) is 5.69 Å². The first-order chi connectivity index (χ1) is 15.7. The Labute approximate surface area is 187 Å². The van der Waals surface area contributed by atoms with Gasteiger partial charge in [0, 0.05) is 17.4 Å². The van der Waals surface area contributed by atoms with Crippen LogP contribution in [0.4, 0.5) is 16.3 Å². The molecular formula is C26H23N5O. The van der Waals surface area contributed by atoms with Gasteiger partial charge in [0.25, 0.3) is 5.82 Å². The SMILES string of the molecule is [C-]#[N+]c1c(-c2ccccc2CCc2ccccc2)nnn1C(=O)N(CC)c1ccccc1. The molecule has 0 aliphatic heterocycles. The van der Waals surface area contributed by atoms with E-state index in [1.54, 1.807) is 4.90 Å². The van der Waals surface area contributed by atoms with Crippen molar-refractivity contribution in [2.75, 3.05) is 11.4 Å². The molecule has 32 heavy (non-hydrogen) atoms. The third kappa shape index (κ3) is 4.28. The summed E-state index contributed by atoms with van der Waals surface area (Å²) in [6.45, 7) is 10.1. The fourth-order valence-electron chi connectivity index (χ4n) is 3.72. The summed E-state index contributed by atoms with van der Waals surface area (Å²) in [5, 5.41) is 8.33. The van der Waals surface area contributed by atoms with Crippen LogP contribution in [-0.4, -0.2) is 27.6 Å². The zero-order chi connectivity index (χ0) is 22.3. The Morgan fingerprint density at radius 1 is 0.938 bits per heavy atom. The van der Waals surface area contributed by atoms with Gasteiger partial charge in [-0.1, -0.05) is 84.1 Å². The lowest BCUT2D eigenvalue weighted by atomic mass is 9.98. The molecule has 0 saturated heterocycles. The highest BCUT2D eigenvalue weighted by Crippen LogP contribution is 2.32. The maximum absolute atomic E-state index is 13.2. The summed E-state index contributed by atoms with van der Waals surface area (Å²) in [7, 11) is 0. The van der Waals surface area contributed by atoms with Crippen LogP contribution in [0.1, 0.15) is 18.1 Å². The van der Waals surface area contributed by atoms with Crippen LogP contribution in [0.25, 0.3) is 16.1 Å². The highest BCUT2D eigenvalue weighted by Gasteiger charge is 2.27. The Bertz CT molecular complexity index is 1240. The molecule has 4 rings (SSSR count). The predicted molar refractivity (Wildman–Crippen MR) is 126 cm³/mol. The van der Waals surface area contributed by atoms with E-state index in [4.69, 9.17) is 6.57 Å². The number of para-hydroxylation sites is 1. The van der Waals surface area contributed by atoms with E-state index < -0.39 is 6.03 Å². The van der Waals surface area contributed by atoms with Gasteiger partial charge in [-0.15, -0.1) is 5.10 Å². The van der Waals surface area contributed by atoms with Crippen LogP contribution in [0.5, 0.6) is 0 Å². The minimum atomic E-state index is -0.398. The summed E-state index contributed by atoms with van der Waals surface area (Å²) >= 11 is 0. The Morgan fingerprint density at radius 3 is 2.28 bits per heavy atom. The molecule has 0 unspecified atom stereocenters. The molecule has 0 bridgehead atoms. The van der Waals surface area contributed by atoms with E-state index in [9.17, 15) is 4.79 Å². The second kappa shape index (κ2) is 9.71. The fraction of sp³-hybridized carbons (Fsp3) is 0.154. The summed E-state index contributed by atoms with van der Waals surface area (Å²) in [6.07, 6.45) is 1.67. The number of aromatic nitrogens is 3. The van der Waals surface area contributed by atoms with E-state index in [2.05, 4.69) is 27.3 Å². The number of nitrogens with zero attached hydrogens (tertiary/aromatic N) is 5. The van der Waals surface area contributed by atoms with Gasteiger partial charge in [-0.05, 0) is 48.6 Å². The third-order valence-corrected chi connectivity index (χ3v) is 5.35. The third-order valence-electron chi connectivity index (χ3n) is 5.35. The maximum atomic E-state index is 13.2. The van der Waals surface area contributed by atoms with Gasteiger partial charge in [0.05, 0.1) is 0 Å². The zero-order valence-electron chi connectivity index (χ0n) is 17.8. The lowest BCUT2D eigenvalue weighted by Gasteiger charge is -2.18. The largest absolute Gasteiger partial charge is 0.427 e. The molecule has 6 heteroatoms. The quantitative estimate of drug-likeness (QED) is 0.371. The number of hydrogen-bond acceptors (Lipinski definition) is 3. The first-order valence-corrected chi connectivity index (χ1v) is 10.5. The van der Waals surface area contributed by atoms with Crippen molar-refractivity contribution in [1.82, 2.24) is 15.0 Å². The van der Waals surface area contributed by atoms with Gasteiger partial charge in [-0.25, -0.2) is 4.79 Å². The lowest BCUT2D eigenvalue weighted by molar-refractivity contribution is 0.245. The maximum Gasteiger partial charge on any atom is 0.427 e. The second-order valence-corrected chi connectivity index (χ2v) is 7.29. The molecule has 4 aromatic rings. The average molecular weight is 422 g/mol. The molecule has 0 saturated carbocycles. The van der Waals surface area contributed by atoms with E-state index in [1.165, 1.54) is 5.56 Å². The number of carbonyl (C=O) groups is 1. The van der Waals surface area contributed by atoms with Crippen LogP contribution in [-0.2, 0) is 12.8 Å². The molecule has 1 aromatic heterocycles. The molecule has 0 atom stereocenters. The molecule has 0 aliphatic rings. The Hall–Kier alpha value is -4.24. The second-order valence-electron chi connectivity index (χ2n) is 7.29. The standard InChI is InChI=1S/C26H23N5O/c1-3-30(22-15-8-5-9-16-22)26(32)31-25(27-2)24(28-29-31)23-17-11-10-14-21(23)19-18-20-12-6-4-7-13-20/h4-17H,3,18-19H2,1H3. The highest BCUT2D eigenvalue weighted by molar-refractivity contribution is 5.96. The first-order valence-electron chi connectivity index (χ1n) is 10.5. The van der Waals surface area contributed by atoms with Crippen LogP contribution in [0, 0.1) is 6.57 Å². The van der Waals surface area contributed by atoms with Gasteiger partial charge in [-0.3, -0.25) is 4.90 Å². The summed E-state index contributed by atoms with van der Waals surface area (Å²) in [4.78, 5) is 18.5. The minimum absolute atomic E-state index is 0.122. The molecule has 0 spiro atoms. The van der Waals surface area contributed by atoms with Crippen LogP contribution < -0.4 is 4.90 Å². The summed E-state index contributed by atoms with van der Waals surface area (Å²) in [6, 6.07) is 27.1. The van der Waals surface area contributed by atoms with Crippen molar-refractivity contribution in [3.63, 3.8) is 0 Å². The molecule has 0 aliphatic carbocycles. The van der Waals surface area contributed by atoms with Crippen LogP contribution in [0.2, 0.25) is 0 Å². The number of carbonyl (C=O) groups excluding carboxylic acids is 1. The molecule has 6 nitrogen and oxygen atoms in total. The summed E-state index contributed by atoms with van der Waals surface area (Å²) in [5.41, 5.74) is 4.32. The van der Waals surface area contributed by atoms with Gasteiger partial charge in [-0.2, -0.15) is 0 Å². The molecular weight excluding hydrogens is 398 g/mol. The smallest absolute Gasteiger partial charge is 0.360 e.